The predicted octanol–water partition coefficient (Wildman–Crippen LogP) is 2.88. The van der Waals surface area contributed by atoms with E-state index in [9.17, 15) is 9.59 Å². The van der Waals surface area contributed by atoms with Crippen LogP contribution in [0.3, 0.4) is 0 Å². The molecule has 188 valence electrons. The number of carbonyl (C=O) groups is 1. The lowest BCUT2D eigenvalue weighted by Gasteiger charge is -2.25. The second-order valence-electron chi connectivity index (χ2n) is 8.37. The van der Waals surface area contributed by atoms with Crippen molar-refractivity contribution in [3.05, 3.63) is 84.5 Å². The maximum absolute atomic E-state index is 13.8. The van der Waals surface area contributed by atoms with Crippen molar-refractivity contribution in [2.75, 3.05) is 39.8 Å². The zero-order valence-electron chi connectivity index (χ0n) is 21.2. The molecule has 0 unspecified atom stereocenters. The molecule has 1 aromatic heterocycles. The van der Waals surface area contributed by atoms with E-state index in [1.165, 1.54) is 11.3 Å². The first-order chi connectivity index (χ1) is 17.3. The number of ether oxygens (including phenoxy) is 3. The van der Waals surface area contributed by atoms with Crippen LogP contribution in [-0.2, 0) is 9.53 Å². The van der Waals surface area contributed by atoms with Gasteiger partial charge in [0.25, 0.3) is 5.56 Å². The lowest BCUT2D eigenvalue weighted by atomic mass is 9.95. The van der Waals surface area contributed by atoms with Crippen LogP contribution in [0, 0.1) is 0 Å². The van der Waals surface area contributed by atoms with Gasteiger partial charge in [-0.2, -0.15) is 0 Å². The predicted molar refractivity (Wildman–Crippen MR) is 141 cm³/mol. The normalized spacial score (nSPS) is 15.3. The van der Waals surface area contributed by atoms with Gasteiger partial charge in [-0.05, 0) is 43.7 Å². The summed E-state index contributed by atoms with van der Waals surface area (Å²) in [5, 5.41) is 0. The monoisotopic (exact) mass is 507 g/mol. The van der Waals surface area contributed by atoms with Crippen molar-refractivity contribution in [3.63, 3.8) is 0 Å². The number of thiazole rings is 1. The molecule has 1 aliphatic heterocycles. The summed E-state index contributed by atoms with van der Waals surface area (Å²) >= 11 is 1.26. The fraction of sp³-hybridized carbons (Fsp3) is 0.296. The molecule has 0 spiro atoms. The number of anilines is 1. The summed E-state index contributed by atoms with van der Waals surface area (Å²) in [6.07, 6.45) is 1.76. The summed E-state index contributed by atoms with van der Waals surface area (Å²) in [5.74, 6) is 0.618. The highest BCUT2D eigenvalue weighted by molar-refractivity contribution is 7.07. The second-order valence-corrected chi connectivity index (χ2v) is 9.38. The standard InChI is InChI=1S/C27H29N3O5S/c1-7-35-26(32)22-16(2)28-27-30(23(22)17-11-13-19(14-12-17)29(3)4)25(31)21(36-27)15-18-9-8-10-20(33-5)24(18)34-6/h8-15,23H,7H2,1-6H3/b21-15+/t23-/m1/s1. The molecule has 0 amide bonds. The highest BCUT2D eigenvalue weighted by atomic mass is 32.1. The van der Waals surface area contributed by atoms with Crippen molar-refractivity contribution in [2.45, 2.75) is 19.9 Å². The maximum Gasteiger partial charge on any atom is 0.338 e. The van der Waals surface area contributed by atoms with Gasteiger partial charge in [-0.15, -0.1) is 0 Å². The van der Waals surface area contributed by atoms with Crippen LogP contribution < -0.4 is 29.3 Å². The third-order valence-electron chi connectivity index (χ3n) is 5.96. The first kappa shape index (κ1) is 25.2. The number of para-hydroxylation sites is 1. The summed E-state index contributed by atoms with van der Waals surface area (Å²) in [7, 11) is 7.04. The summed E-state index contributed by atoms with van der Waals surface area (Å²) in [6.45, 7) is 3.75. The molecule has 0 aliphatic carbocycles. The summed E-state index contributed by atoms with van der Waals surface area (Å²) in [4.78, 5) is 34.0. The zero-order valence-corrected chi connectivity index (χ0v) is 22.0. The van der Waals surface area contributed by atoms with Crippen molar-refractivity contribution in [3.8, 4) is 11.5 Å². The minimum Gasteiger partial charge on any atom is -0.493 e. The van der Waals surface area contributed by atoms with Gasteiger partial charge in [0.05, 0.1) is 42.7 Å². The molecule has 0 bridgehead atoms. The molecule has 0 radical (unpaired) electrons. The lowest BCUT2D eigenvalue weighted by Crippen LogP contribution is -2.40. The van der Waals surface area contributed by atoms with Crippen LogP contribution in [0.15, 0.2) is 63.5 Å². The Hall–Kier alpha value is -3.85. The molecule has 2 aromatic carbocycles. The van der Waals surface area contributed by atoms with Crippen LogP contribution in [-0.4, -0.2) is 45.5 Å². The lowest BCUT2D eigenvalue weighted by molar-refractivity contribution is -0.139. The molecule has 1 aliphatic rings. The van der Waals surface area contributed by atoms with E-state index in [0.29, 0.717) is 37.7 Å². The molecule has 9 heteroatoms. The van der Waals surface area contributed by atoms with E-state index in [1.54, 1.807) is 44.8 Å². The number of carbonyl (C=O) groups excluding carboxylic acids is 1. The van der Waals surface area contributed by atoms with Gasteiger partial charge in [-0.25, -0.2) is 9.79 Å². The highest BCUT2D eigenvalue weighted by Gasteiger charge is 2.33. The van der Waals surface area contributed by atoms with E-state index in [2.05, 4.69) is 4.99 Å². The number of methoxy groups -OCH3 is 2. The van der Waals surface area contributed by atoms with Crippen LogP contribution in [0.1, 0.15) is 31.0 Å². The number of benzene rings is 2. The van der Waals surface area contributed by atoms with Crippen LogP contribution >= 0.6 is 11.3 Å². The van der Waals surface area contributed by atoms with Crippen molar-refractivity contribution in [2.24, 2.45) is 4.99 Å². The zero-order chi connectivity index (χ0) is 26.0. The van der Waals surface area contributed by atoms with Gasteiger partial charge in [0.1, 0.15) is 0 Å². The molecule has 0 fully saturated rings. The van der Waals surface area contributed by atoms with Crippen molar-refractivity contribution < 1.29 is 19.0 Å². The largest absolute Gasteiger partial charge is 0.493 e. The molecule has 8 nitrogen and oxygen atoms in total. The molecule has 3 aromatic rings. The quantitative estimate of drug-likeness (QED) is 0.458. The molecule has 4 rings (SSSR count). The summed E-state index contributed by atoms with van der Waals surface area (Å²) in [6, 6.07) is 12.6. The second kappa shape index (κ2) is 10.4. The van der Waals surface area contributed by atoms with E-state index in [1.807, 2.05) is 55.4 Å². The van der Waals surface area contributed by atoms with Gasteiger partial charge >= 0.3 is 5.97 Å². The van der Waals surface area contributed by atoms with Crippen molar-refractivity contribution in [1.82, 2.24) is 4.57 Å². The minimum atomic E-state index is -0.661. The Morgan fingerprint density at radius 3 is 2.47 bits per heavy atom. The first-order valence-electron chi connectivity index (χ1n) is 11.5. The van der Waals surface area contributed by atoms with E-state index < -0.39 is 12.0 Å². The molecule has 0 saturated heterocycles. The Labute approximate surface area is 213 Å². The van der Waals surface area contributed by atoms with Gasteiger partial charge in [0.2, 0.25) is 0 Å². The molecule has 0 N–H and O–H groups in total. The number of rotatable bonds is 7. The smallest absolute Gasteiger partial charge is 0.338 e. The Balaban J connectivity index is 1.95. The average molecular weight is 508 g/mol. The Kier molecular flexibility index (Phi) is 7.30. The van der Waals surface area contributed by atoms with Gasteiger partial charge < -0.3 is 19.1 Å². The Bertz CT molecular complexity index is 1500. The van der Waals surface area contributed by atoms with Gasteiger partial charge in [0.15, 0.2) is 16.3 Å². The molecule has 1 atom stereocenters. The molecule has 2 heterocycles. The SMILES string of the molecule is CCOC(=O)C1=C(C)N=c2s/c(=C/c3cccc(OC)c3OC)c(=O)n2[C@@H]1c1ccc(N(C)C)cc1. The topological polar surface area (TPSA) is 82.4 Å². The number of aromatic nitrogens is 1. The van der Waals surface area contributed by atoms with Crippen LogP contribution in [0.25, 0.3) is 6.08 Å². The van der Waals surface area contributed by atoms with Gasteiger partial charge in [-0.3, -0.25) is 9.36 Å². The van der Waals surface area contributed by atoms with Gasteiger partial charge in [-0.1, -0.05) is 35.6 Å². The molecule has 0 saturated carbocycles. The number of hydrogen-bond acceptors (Lipinski definition) is 8. The number of esters is 1. The summed E-state index contributed by atoms with van der Waals surface area (Å²) in [5.41, 5.74) is 3.14. The molecular weight excluding hydrogens is 478 g/mol. The van der Waals surface area contributed by atoms with Gasteiger partial charge in [0, 0.05) is 25.3 Å². The fourth-order valence-electron chi connectivity index (χ4n) is 4.23. The van der Waals surface area contributed by atoms with Crippen molar-refractivity contribution in [1.29, 1.82) is 0 Å². The minimum absolute atomic E-state index is 0.224. The van der Waals surface area contributed by atoms with E-state index >= 15 is 0 Å². The van der Waals surface area contributed by atoms with Crippen LogP contribution in [0.4, 0.5) is 5.69 Å². The van der Waals surface area contributed by atoms with E-state index in [4.69, 9.17) is 14.2 Å². The number of fused-ring (bicyclic) bond motifs is 1. The number of hydrogen-bond donors (Lipinski definition) is 0. The summed E-state index contributed by atoms with van der Waals surface area (Å²) < 4.78 is 18.3. The van der Waals surface area contributed by atoms with Crippen molar-refractivity contribution >= 4 is 29.1 Å². The number of nitrogens with zero attached hydrogens (tertiary/aromatic N) is 3. The fourth-order valence-corrected chi connectivity index (χ4v) is 5.27. The number of allylic oxidation sites excluding steroid dienone is 1. The maximum atomic E-state index is 13.8. The Morgan fingerprint density at radius 1 is 1.14 bits per heavy atom. The van der Waals surface area contributed by atoms with E-state index in [0.717, 1.165) is 11.3 Å². The molecule has 36 heavy (non-hydrogen) atoms. The van der Waals surface area contributed by atoms with Crippen LogP contribution in [0.5, 0.6) is 11.5 Å². The third kappa shape index (κ3) is 4.54. The van der Waals surface area contributed by atoms with E-state index in [-0.39, 0.29) is 12.2 Å². The highest BCUT2D eigenvalue weighted by Crippen LogP contribution is 2.33. The first-order valence-corrected chi connectivity index (χ1v) is 12.3. The Morgan fingerprint density at radius 2 is 1.86 bits per heavy atom. The molecular formula is C27H29N3O5S. The average Bonchev–Trinajstić information content (AvgIpc) is 3.17. The van der Waals surface area contributed by atoms with Crippen LogP contribution in [0.2, 0.25) is 0 Å². The third-order valence-corrected chi connectivity index (χ3v) is 6.95.